The summed E-state index contributed by atoms with van der Waals surface area (Å²) in [5.41, 5.74) is 20.0. The fraction of sp³-hybridized carbons (Fsp3) is 0.129. The van der Waals surface area contributed by atoms with E-state index in [1.807, 2.05) is 12.3 Å². The summed E-state index contributed by atoms with van der Waals surface area (Å²) in [7, 11) is 0. The summed E-state index contributed by atoms with van der Waals surface area (Å²) < 4.78 is 2.26. The van der Waals surface area contributed by atoms with E-state index in [-0.39, 0.29) is 17.6 Å². The Morgan fingerprint density at radius 1 is 0.470 bits per heavy atom. The maximum Gasteiger partial charge on any atom is 0.149 e. The SMILES string of the molecule is CCc1cc(-n2c(-c3cc(C(C)C)cc(C(C)C)c3O)nc3c(-c4cc(-c5ccccc5)cc(-c5cc(-c6ccc(-c7ccccc7)cc6)ccn5)c4)cccc32)ccc1-c1ccccc1. The van der Waals surface area contributed by atoms with Gasteiger partial charge in [0.2, 0.25) is 0 Å². The van der Waals surface area contributed by atoms with E-state index in [2.05, 4.69) is 227 Å². The van der Waals surface area contributed by atoms with Gasteiger partial charge in [-0.25, -0.2) is 4.98 Å². The first-order valence-electron chi connectivity index (χ1n) is 23.1. The van der Waals surface area contributed by atoms with E-state index in [1.165, 1.54) is 33.4 Å². The summed E-state index contributed by atoms with van der Waals surface area (Å²) in [5.74, 6) is 1.36. The summed E-state index contributed by atoms with van der Waals surface area (Å²) in [4.78, 5) is 10.6. The van der Waals surface area contributed by atoms with Gasteiger partial charge in [-0.1, -0.05) is 174 Å². The molecule has 0 aliphatic rings. The van der Waals surface area contributed by atoms with Crippen LogP contribution in [0.15, 0.2) is 200 Å². The highest BCUT2D eigenvalue weighted by atomic mass is 16.3. The molecule has 322 valence electrons. The number of aromatic nitrogens is 3. The molecule has 0 fully saturated rings. The molecule has 2 heterocycles. The van der Waals surface area contributed by atoms with Crippen LogP contribution in [0.25, 0.3) is 95.0 Å². The molecule has 0 aliphatic carbocycles. The number of hydrogen-bond donors (Lipinski definition) is 1. The number of pyridine rings is 1. The Morgan fingerprint density at radius 3 is 1.73 bits per heavy atom. The zero-order chi connectivity index (χ0) is 45.3. The minimum atomic E-state index is 0.118. The third kappa shape index (κ3) is 8.12. The average molecular weight is 856 g/mol. The predicted molar refractivity (Wildman–Crippen MR) is 276 cm³/mol. The van der Waals surface area contributed by atoms with Crippen LogP contribution >= 0.6 is 0 Å². The van der Waals surface area contributed by atoms with E-state index < -0.39 is 0 Å². The molecule has 0 radical (unpaired) electrons. The predicted octanol–water partition coefficient (Wildman–Crippen LogP) is 16.6. The molecule has 4 heteroatoms. The molecular formula is C62H53N3O. The Bertz CT molecular complexity index is 3330. The first kappa shape index (κ1) is 42.1. The van der Waals surface area contributed by atoms with Gasteiger partial charge in [0.25, 0.3) is 0 Å². The van der Waals surface area contributed by atoms with Crippen LogP contribution in [-0.2, 0) is 6.42 Å². The minimum Gasteiger partial charge on any atom is -0.507 e. The summed E-state index contributed by atoms with van der Waals surface area (Å²) in [6.07, 6.45) is 2.77. The van der Waals surface area contributed by atoms with Gasteiger partial charge in [-0.05, 0) is 140 Å². The first-order valence-corrected chi connectivity index (χ1v) is 23.1. The largest absolute Gasteiger partial charge is 0.507 e. The van der Waals surface area contributed by atoms with Gasteiger partial charge in [-0.15, -0.1) is 0 Å². The summed E-state index contributed by atoms with van der Waals surface area (Å²) in [6, 6.07) is 69.0. The van der Waals surface area contributed by atoms with Crippen molar-refractivity contribution in [2.24, 2.45) is 0 Å². The number of benzene rings is 8. The van der Waals surface area contributed by atoms with Crippen molar-refractivity contribution >= 4 is 11.0 Å². The number of rotatable bonds is 11. The average Bonchev–Trinajstić information content (AvgIpc) is 3.76. The smallest absolute Gasteiger partial charge is 0.149 e. The number of phenolic OH excluding ortho intramolecular Hbond substituents is 1. The second-order valence-electron chi connectivity index (χ2n) is 17.9. The highest BCUT2D eigenvalue weighted by molar-refractivity contribution is 5.98. The van der Waals surface area contributed by atoms with E-state index in [9.17, 15) is 5.11 Å². The molecule has 0 unspecified atom stereocenters. The van der Waals surface area contributed by atoms with Crippen LogP contribution in [0.3, 0.4) is 0 Å². The van der Waals surface area contributed by atoms with Crippen LogP contribution in [-0.4, -0.2) is 19.6 Å². The number of aromatic hydroxyl groups is 1. The third-order valence-electron chi connectivity index (χ3n) is 12.9. The van der Waals surface area contributed by atoms with Crippen LogP contribution in [0.5, 0.6) is 5.75 Å². The molecule has 0 bridgehead atoms. The van der Waals surface area contributed by atoms with Crippen molar-refractivity contribution in [2.75, 3.05) is 0 Å². The lowest BCUT2D eigenvalue weighted by atomic mass is 9.91. The summed E-state index contributed by atoms with van der Waals surface area (Å²) in [6.45, 7) is 10.9. The van der Waals surface area contributed by atoms with Gasteiger partial charge < -0.3 is 5.11 Å². The minimum absolute atomic E-state index is 0.118. The molecule has 0 aliphatic heterocycles. The van der Waals surface area contributed by atoms with E-state index in [0.29, 0.717) is 5.82 Å². The van der Waals surface area contributed by atoms with Crippen LogP contribution in [0, 0.1) is 0 Å². The van der Waals surface area contributed by atoms with E-state index in [1.54, 1.807) is 0 Å². The molecule has 8 aromatic carbocycles. The Labute approximate surface area is 388 Å². The lowest BCUT2D eigenvalue weighted by Crippen LogP contribution is -2.02. The van der Waals surface area contributed by atoms with Crippen molar-refractivity contribution in [1.29, 1.82) is 0 Å². The van der Waals surface area contributed by atoms with Crippen molar-refractivity contribution in [3.8, 4) is 89.7 Å². The quantitative estimate of drug-likeness (QED) is 0.141. The van der Waals surface area contributed by atoms with Crippen molar-refractivity contribution in [3.05, 3.63) is 217 Å². The van der Waals surface area contributed by atoms with E-state index in [0.717, 1.165) is 78.9 Å². The van der Waals surface area contributed by atoms with Gasteiger partial charge in [-0.2, -0.15) is 0 Å². The van der Waals surface area contributed by atoms with Gasteiger partial charge in [0, 0.05) is 23.0 Å². The third-order valence-corrected chi connectivity index (χ3v) is 12.9. The molecule has 66 heavy (non-hydrogen) atoms. The number of hydrogen-bond acceptors (Lipinski definition) is 3. The highest BCUT2D eigenvalue weighted by Gasteiger charge is 2.24. The molecule has 10 rings (SSSR count). The summed E-state index contributed by atoms with van der Waals surface area (Å²) in [5, 5.41) is 12.2. The number of fused-ring (bicyclic) bond motifs is 1. The zero-order valence-electron chi connectivity index (χ0n) is 38.2. The van der Waals surface area contributed by atoms with E-state index in [4.69, 9.17) is 9.97 Å². The van der Waals surface area contributed by atoms with Gasteiger partial charge in [0.05, 0.1) is 22.3 Å². The number of imidazole rings is 1. The van der Waals surface area contributed by atoms with Crippen LogP contribution in [0.2, 0.25) is 0 Å². The molecular weight excluding hydrogens is 803 g/mol. The maximum atomic E-state index is 12.2. The lowest BCUT2D eigenvalue weighted by Gasteiger charge is -2.19. The van der Waals surface area contributed by atoms with Gasteiger partial charge >= 0.3 is 0 Å². The normalized spacial score (nSPS) is 11.5. The highest BCUT2D eigenvalue weighted by Crippen LogP contribution is 2.44. The van der Waals surface area contributed by atoms with Crippen molar-refractivity contribution < 1.29 is 5.11 Å². The van der Waals surface area contributed by atoms with Crippen LogP contribution in [0.1, 0.15) is 63.1 Å². The fourth-order valence-corrected chi connectivity index (χ4v) is 9.29. The second kappa shape index (κ2) is 18.0. The van der Waals surface area contributed by atoms with Crippen LogP contribution in [0.4, 0.5) is 0 Å². The fourth-order valence-electron chi connectivity index (χ4n) is 9.29. The molecule has 0 saturated carbocycles. The Hall–Kier alpha value is -7.82. The number of para-hydroxylation sites is 1. The molecule has 10 aromatic rings. The molecule has 4 nitrogen and oxygen atoms in total. The van der Waals surface area contributed by atoms with Crippen molar-refractivity contribution in [3.63, 3.8) is 0 Å². The summed E-state index contributed by atoms with van der Waals surface area (Å²) >= 11 is 0. The number of aryl methyl sites for hydroxylation is 1. The van der Waals surface area contributed by atoms with Crippen molar-refractivity contribution in [1.82, 2.24) is 14.5 Å². The van der Waals surface area contributed by atoms with Crippen LogP contribution < -0.4 is 0 Å². The van der Waals surface area contributed by atoms with Gasteiger partial charge in [0.1, 0.15) is 11.6 Å². The zero-order valence-corrected chi connectivity index (χ0v) is 38.2. The first-order chi connectivity index (χ1) is 32.2. The van der Waals surface area contributed by atoms with E-state index >= 15 is 0 Å². The molecule has 0 amide bonds. The lowest BCUT2D eigenvalue weighted by molar-refractivity contribution is 0.466. The second-order valence-corrected chi connectivity index (χ2v) is 17.9. The standard InChI is InChI=1S/C62H53N3O/c1-6-42-36-53(29-30-54(42)47-21-14-9-15-22-47)65-59-24-16-23-55(60(59)64-62(65)57-38-49(40(2)3)37-56(41(4)5)61(57)66)51-33-50(44-19-12-8-13-20-44)34-52(35-51)58-39-48(31-32-63-58)46-27-25-45(26-28-46)43-17-10-7-11-18-43/h7-41,66H,6H2,1-5H3. The molecule has 0 saturated heterocycles. The Morgan fingerprint density at radius 2 is 1.08 bits per heavy atom. The topological polar surface area (TPSA) is 50.9 Å². The Balaban J connectivity index is 1.17. The van der Waals surface area contributed by atoms with Gasteiger partial charge in [-0.3, -0.25) is 9.55 Å². The Kier molecular flexibility index (Phi) is 11.5. The maximum absolute atomic E-state index is 12.2. The number of nitrogens with zero attached hydrogens (tertiary/aromatic N) is 3. The van der Waals surface area contributed by atoms with Crippen molar-refractivity contribution in [2.45, 2.75) is 52.9 Å². The molecule has 0 spiro atoms. The molecule has 1 N–H and O–H groups in total. The molecule has 0 atom stereocenters. The van der Waals surface area contributed by atoms with Gasteiger partial charge in [0.15, 0.2) is 0 Å². The monoisotopic (exact) mass is 855 g/mol. The molecule has 2 aromatic heterocycles. The number of phenols is 1.